The predicted octanol–water partition coefficient (Wildman–Crippen LogP) is 1.48. The van der Waals surface area contributed by atoms with E-state index in [4.69, 9.17) is 4.74 Å². The summed E-state index contributed by atoms with van der Waals surface area (Å²) in [5.41, 5.74) is 2.61. The van der Waals surface area contributed by atoms with Crippen molar-refractivity contribution in [1.29, 1.82) is 0 Å². The number of carbonyl (C=O) groups is 2. The van der Waals surface area contributed by atoms with Crippen LogP contribution in [0.25, 0.3) is 6.08 Å². The Hall–Kier alpha value is -3.19. The molecule has 1 fully saturated rings. The van der Waals surface area contributed by atoms with Gasteiger partial charge >= 0.3 is 0 Å². The minimum atomic E-state index is -0.210. The van der Waals surface area contributed by atoms with Crippen molar-refractivity contribution in [3.05, 3.63) is 66.0 Å². The zero-order valence-electron chi connectivity index (χ0n) is 15.6. The van der Waals surface area contributed by atoms with Crippen molar-refractivity contribution in [1.82, 2.24) is 15.6 Å². The molecule has 2 heterocycles. The topological polar surface area (TPSA) is 83.6 Å². The number of hydrogen-bond acceptors (Lipinski definition) is 5. The molecule has 0 spiro atoms. The molecular formula is C21H24N4O3. The van der Waals surface area contributed by atoms with E-state index in [9.17, 15) is 9.59 Å². The van der Waals surface area contributed by atoms with Crippen molar-refractivity contribution in [3.63, 3.8) is 0 Å². The average Bonchev–Trinajstić information content (AvgIpc) is 2.76. The average molecular weight is 380 g/mol. The predicted molar refractivity (Wildman–Crippen MR) is 108 cm³/mol. The maximum absolute atomic E-state index is 11.9. The van der Waals surface area contributed by atoms with E-state index < -0.39 is 0 Å². The van der Waals surface area contributed by atoms with Gasteiger partial charge in [0.05, 0.1) is 18.8 Å². The molecule has 0 unspecified atom stereocenters. The molecule has 7 nitrogen and oxygen atoms in total. The molecule has 0 aliphatic carbocycles. The molecule has 0 bridgehead atoms. The standard InChI is InChI=1S/C21H24N4O3/c26-20(23-10-11-24-21(27)18-2-1-9-22-16-18)8-5-17-3-6-19(7-4-17)25-12-14-28-15-13-25/h1-9,16H,10-15H2,(H,23,26)(H,24,27)/b8-5+. The van der Waals surface area contributed by atoms with Crippen LogP contribution >= 0.6 is 0 Å². The molecule has 0 radical (unpaired) electrons. The molecule has 0 saturated carbocycles. The summed E-state index contributed by atoms with van der Waals surface area (Å²) in [5, 5.41) is 5.48. The molecular weight excluding hydrogens is 356 g/mol. The number of carbonyl (C=O) groups excluding carboxylic acids is 2. The van der Waals surface area contributed by atoms with Gasteiger partial charge in [0.25, 0.3) is 5.91 Å². The number of benzene rings is 1. The number of morpholine rings is 1. The molecule has 2 amide bonds. The summed E-state index contributed by atoms with van der Waals surface area (Å²) in [6, 6.07) is 11.5. The normalized spacial score (nSPS) is 14.1. The lowest BCUT2D eigenvalue weighted by Crippen LogP contribution is -2.36. The van der Waals surface area contributed by atoms with E-state index in [-0.39, 0.29) is 11.8 Å². The number of hydrogen-bond donors (Lipinski definition) is 2. The Morgan fingerprint density at radius 3 is 2.54 bits per heavy atom. The lowest BCUT2D eigenvalue weighted by Gasteiger charge is -2.28. The molecule has 7 heteroatoms. The van der Waals surface area contributed by atoms with E-state index in [1.165, 1.54) is 12.3 Å². The van der Waals surface area contributed by atoms with Crippen molar-refractivity contribution in [3.8, 4) is 0 Å². The fourth-order valence-electron chi connectivity index (χ4n) is 2.81. The maximum Gasteiger partial charge on any atom is 0.252 e. The monoisotopic (exact) mass is 380 g/mol. The second-order valence-corrected chi connectivity index (χ2v) is 6.31. The minimum absolute atomic E-state index is 0.201. The summed E-state index contributed by atoms with van der Waals surface area (Å²) in [6.07, 6.45) is 6.37. The lowest BCUT2D eigenvalue weighted by molar-refractivity contribution is -0.116. The molecule has 146 valence electrons. The van der Waals surface area contributed by atoms with Crippen molar-refractivity contribution in [2.45, 2.75) is 0 Å². The van der Waals surface area contributed by atoms with E-state index in [1.54, 1.807) is 24.4 Å². The molecule has 1 aromatic carbocycles. The number of ether oxygens (including phenoxy) is 1. The molecule has 2 N–H and O–H groups in total. The third kappa shape index (κ3) is 5.92. The molecule has 1 aliphatic rings. The van der Waals surface area contributed by atoms with Crippen LogP contribution in [0.15, 0.2) is 54.9 Å². The highest BCUT2D eigenvalue weighted by Crippen LogP contribution is 2.17. The zero-order valence-corrected chi connectivity index (χ0v) is 15.6. The molecule has 2 aromatic rings. The van der Waals surface area contributed by atoms with Gasteiger partial charge in [-0.1, -0.05) is 12.1 Å². The SMILES string of the molecule is O=C(/C=C/c1ccc(N2CCOCC2)cc1)NCCNC(=O)c1cccnc1. The van der Waals surface area contributed by atoms with Crippen molar-refractivity contribution in [2.75, 3.05) is 44.3 Å². The summed E-state index contributed by atoms with van der Waals surface area (Å²) < 4.78 is 5.36. The van der Waals surface area contributed by atoms with E-state index in [1.807, 2.05) is 12.1 Å². The van der Waals surface area contributed by atoms with Crippen LogP contribution in [0.5, 0.6) is 0 Å². The molecule has 1 aliphatic heterocycles. The van der Waals surface area contributed by atoms with Crippen LogP contribution in [0.2, 0.25) is 0 Å². The highest BCUT2D eigenvalue weighted by molar-refractivity contribution is 5.94. The minimum Gasteiger partial charge on any atom is -0.378 e. The highest BCUT2D eigenvalue weighted by atomic mass is 16.5. The number of rotatable bonds is 7. The summed E-state index contributed by atoms with van der Waals surface area (Å²) in [5.74, 6) is -0.411. The maximum atomic E-state index is 11.9. The van der Waals surface area contributed by atoms with Crippen molar-refractivity contribution in [2.24, 2.45) is 0 Å². The van der Waals surface area contributed by atoms with Gasteiger partial charge in [0, 0.05) is 50.3 Å². The van der Waals surface area contributed by atoms with Crippen LogP contribution < -0.4 is 15.5 Å². The second-order valence-electron chi connectivity index (χ2n) is 6.31. The summed E-state index contributed by atoms with van der Waals surface area (Å²) >= 11 is 0. The number of anilines is 1. The number of nitrogens with one attached hydrogen (secondary N) is 2. The fourth-order valence-corrected chi connectivity index (χ4v) is 2.81. The Kier molecular flexibility index (Phi) is 7.14. The Labute approximate surface area is 164 Å². The van der Waals surface area contributed by atoms with Gasteiger partial charge in [-0.05, 0) is 35.9 Å². The van der Waals surface area contributed by atoms with Gasteiger partial charge in [0.15, 0.2) is 0 Å². The lowest BCUT2D eigenvalue weighted by atomic mass is 10.1. The zero-order chi connectivity index (χ0) is 19.6. The van der Waals surface area contributed by atoms with Crippen LogP contribution in [0.4, 0.5) is 5.69 Å². The number of pyridine rings is 1. The Morgan fingerprint density at radius 2 is 1.82 bits per heavy atom. The quantitative estimate of drug-likeness (QED) is 0.562. The van der Waals surface area contributed by atoms with Gasteiger partial charge in [0.2, 0.25) is 5.91 Å². The Balaban J connectivity index is 1.38. The van der Waals surface area contributed by atoms with Crippen molar-refractivity contribution < 1.29 is 14.3 Å². The van der Waals surface area contributed by atoms with E-state index in [0.29, 0.717) is 18.7 Å². The molecule has 1 saturated heterocycles. The largest absolute Gasteiger partial charge is 0.378 e. The first kappa shape index (κ1) is 19.6. The van der Waals surface area contributed by atoms with Gasteiger partial charge in [0.1, 0.15) is 0 Å². The van der Waals surface area contributed by atoms with E-state index in [0.717, 1.165) is 37.6 Å². The van der Waals surface area contributed by atoms with Gasteiger partial charge in [-0.15, -0.1) is 0 Å². The summed E-state index contributed by atoms with van der Waals surface area (Å²) in [4.78, 5) is 29.9. The third-order valence-corrected chi connectivity index (χ3v) is 4.33. The first-order valence-electron chi connectivity index (χ1n) is 9.29. The van der Waals surface area contributed by atoms with Crippen LogP contribution in [0, 0.1) is 0 Å². The van der Waals surface area contributed by atoms with Gasteiger partial charge < -0.3 is 20.3 Å². The van der Waals surface area contributed by atoms with Crippen LogP contribution in [-0.4, -0.2) is 56.2 Å². The molecule has 0 atom stereocenters. The van der Waals surface area contributed by atoms with Gasteiger partial charge in [-0.25, -0.2) is 0 Å². The van der Waals surface area contributed by atoms with Crippen molar-refractivity contribution >= 4 is 23.6 Å². The first-order valence-corrected chi connectivity index (χ1v) is 9.29. The van der Waals surface area contributed by atoms with E-state index >= 15 is 0 Å². The molecule has 1 aromatic heterocycles. The summed E-state index contributed by atoms with van der Waals surface area (Å²) in [6.45, 7) is 4.01. The number of nitrogens with zero attached hydrogens (tertiary/aromatic N) is 2. The number of amides is 2. The van der Waals surface area contributed by atoms with Gasteiger partial charge in [-0.2, -0.15) is 0 Å². The molecule has 3 rings (SSSR count). The van der Waals surface area contributed by atoms with Gasteiger partial charge in [-0.3, -0.25) is 14.6 Å². The summed E-state index contributed by atoms with van der Waals surface area (Å²) in [7, 11) is 0. The Morgan fingerprint density at radius 1 is 1.07 bits per heavy atom. The van der Waals surface area contributed by atoms with Crippen LogP contribution in [0.3, 0.4) is 0 Å². The Bertz CT molecular complexity index is 800. The highest BCUT2D eigenvalue weighted by Gasteiger charge is 2.10. The van der Waals surface area contributed by atoms with Crippen LogP contribution in [-0.2, 0) is 9.53 Å². The number of aromatic nitrogens is 1. The third-order valence-electron chi connectivity index (χ3n) is 4.33. The second kappa shape index (κ2) is 10.2. The fraction of sp³-hybridized carbons (Fsp3) is 0.286. The smallest absolute Gasteiger partial charge is 0.252 e. The molecule has 28 heavy (non-hydrogen) atoms. The first-order chi connectivity index (χ1) is 13.7. The van der Waals surface area contributed by atoms with Crippen LogP contribution in [0.1, 0.15) is 15.9 Å². The van der Waals surface area contributed by atoms with E-state index in [2.05, 4.69) is 32.7 Å².